The number of carboxylic acid groups (broad SMARTS) is 1. The normalized spacial score (nSPS) is 22.6. The van der Waals surface area contributed by atoms with Crippen molar-refractivity contribution < 1.29 is 24.5 Å². The Hall–Kier alpha value is -2.12. The van der Waals surface area contributed by atoms with E-state index in [2.05, 4.69) is 31.7 Å². The van der Waals surface area contributed by atoms with Crippen LogP contribution in [0, 0.1) is 11.8 Å². The maximum atomic E-state index is 13.4. The van der Waals surface area contributed by atoms with Crippen molar-refractivity contribution in [1.82, 2.24) is 9.80 Å². The summed E-state index contributed by atoms with van der Waals surface area (Å²) in [5, 5.41) is 19.7. The number of aliphatic hydroxyl groups is 1. The number of carbonyl (C=O) groups excluding carboxylic acids is 1. The summed E-state index contributed by atoms with van der Waals surface area (Å²) >= 11 is 0. The van der Waals surface area contributed by atoms with Crippen molar-refractivity contribution in [2.24, 2.45) is 11.8 Å². The van der Waals surface area contributed by atoms with E-state index in [0.29, 0.717) is 38.6 Å². The standard InChI is InChI=1S/C28H44N2O5/c1-4-6-12-29(13-7-14-31)26(32)19-30-18-23(21-9-10-25-22(17-21)11-15-35-25)27(28(33)34)24(30)16-20(3)8-5-2/h9-10,17,20,23-24,27,31H,4-8,11-16,18-19H2,1-3H3,(H,33,34)/t20?,23-,24+,27?/m1/s1. The lowest BCUT2D eigenvalue weighted by Crippen LogP contribution is -2.45. The zero-order chi connectivity index (χ0) is 25.4. The molecule has 1 aromatic carbocycles. The lowest BCUT2D eigenvalue weighted by atomic mass is 9.81. The largest absolute Gasteiger partial charge is 0.493 e. The zero-order valence-corrected chi connectivity index (χ0v) is 21.7. The number of hydrogen-bond acceptors (Lipinski definition) is 5. The highest BCUT2D eigenvalue weighted by molar-refractivity contribution is 5.79. The Morgan fingerprint density at radius 2 is 1.97 bits per heavy atom. The minimum absolute atomic E-state index is 0.0344. The van der Waals surface area contributed by atoms with Gasteiger partial charge in [-0.1, -0.05) is 52.2 Å². The first-order valence-corrected chi connectivity index (χ1v) is 13.5. The van der Waals surface area contributed by atoms with E-state index in [9.17, 15) is 19.8 Å². The molecule has 0 bridgehead atoms. The van der Waals surface area contributed by atoms with Gasteiger partial charge in [-0.2, -0.15) is 0 Å². The highest BCUT2D eigenvalue weighted by Gasteiger charge is 2.47. The number of unbranched alkanes of at least 4 members (excludes halogenated alkanes) is 1. The van der Waals surface area contributed by atoms with Crippen molar-refractivity contribution in [3.63, 3.8) is 0 Å². The highest BCUT2D eigenvalue weighted by Crippen LogP contribution is 2.42. The average molecular weight is 489 g/mol. The fourth-order valence-electron chi connectivity index (χ4n) is 5.83. The van der Waals surface area contributed by atoms with E-state index < -0.39 is 11.9 Å². The molecular weight excluding hydrogens is 444 g/mol. The monoisotopic (exact) mass is 488 g/mol. The van der Waals surface area contributed by atoms with Crippen molar-refractivity contribution in [2.45, 2.75) is 77.7 Å². The summed E-state index contributed by atoms with van der Waals surface area (Å²) in [6.45, 7) is 9.19. The molecule has 1 saturated heterocycles. The van der Waals surface area contributed by atoms with Crippen LogP contribution in [0.1, 0.15) is 76.3 Å². The third-order valence-corrected chi connectivity index (χ3v) is 7.66. The smallest absolute Gasteiger partial charge is 0.308 e. The van der Waals surface area contributed by atoms with Gasteiger partial charge in [-0.3, -0.25) is 14.5 Å². The van der Waals surface area contributed by atoms with E-state index in [1.165, 1.54) is 0 Å². The Morgan fingerprint density at radius 1 is 1.20 bits per heavy atom. The highest BCUT2D eigenvalue weighted by atomic mass is 16.5. The number of rotatable bonds is 14. The van der Waals surface area contributed by atoms with Crippen LogP contribution in [-0.4, -0.2) is 77.3 Å². The quantitative estimate of drug-likeness (QED) is 0.412. The third kappa shape index (κ3) is 6.98. The Labute approximate surface area is 210 Å². The molecule has 1 fully saturated rings. The Kier molecular flexibility index (Phi) is 10.4. The van der Waals surface area contributed by atoms with Gasteiger partial charge >= 0.3 is 5.97 Å². The van der Waals surface area contributed by atoms with E-state index in [-0.39, 0.29) is 31.0 Å². The van der Waals surface area contributed by atoms with Crippen molar-refractivity contribution >= 4 is 11.9 Å². The number of aliphatic carboxylic acids is 1. The fraction of sp³-hybridized carbons (Fsp3) is 0.714. The molecule has 1 aromatic rings. The molecule has 3 rings (SSSR count). The summed E-state index contributed by atoms with van der Waals surface area (Å²) in [7, 11) is 0. The number of amides is 1. The molecule has 0 spiro atoms. The van der Waals surface area contributed by atoms with Gasteiger partial charge in [-0.25, -0.2) is 0 Å². The SMILES string of the molecule is CCCCN(CCCO)C(=O)CN1C[C@H](c2ccc3c(c2)CCO3)C(C(=O)O)[C@@H]1CC(C)CCC. The molecular formula is C28H44N2O5. The summed E-state index contributed by atoms with van der Waals surface area (Å²) in [5.74, 6) is -0.169. The summed E-state index contributed by atoms with van der Waals surface area (Å²) in [6, 6.07) is 5.92. The third-order valence-electron chi connectivity index (χ3n) is 7.66. The number of nitrogens with zero attached hydrogens (tertiary/aromatic N) is 2. The molecule has 196 valence electrons. The number of likely N-dealkylation sites (tertiary alicyclic amines) is 1. The molecule has 4 atom stereocenters. The van der Waals surface area contributed by atoms with Crippen LogP contribution in [0.25, 0.3) is 0 Å². The number of hydrogen-bond donors (Lipinski definition) is 2. The summed E-state index contributed by atoms with van der Waals surface area (Å²) in [5.41, 5.74) is 2.18. The van der Waals surface area contributed by atoms with E-state index in [1.54, 1.807) is 0 Å². The van der Waals surface area contributed by atoms with Crippen LogP contribution in [0.5, 0.6) is 5.75 Å². The molecule has 2 unspecified atom stereocenters. The van der Waals surface area contributed by atoms with Gasteiger partial charge in [0.25, 0.3) is 0 Å². The van der Waals surface area contributed by atoms with E-state index >= 15 is 0 Å². The molecule has 2 aliphatic rings. The van der Waals surface area contributed by atoms with Crippen LogP contribution < -0.4 is 4.74 Å². The van der Waals surface area contributed by atoms with Gasteiger partial charge in [-0.05, 0) is 42.4 Å². The van der Waals surface area contributed by atoms with Gasteiger partial charge in [0.15, 0.2) is 0 Å². The first kappa shape index (κ1) is 27.5. The van der Waals surface area contributed by atoms with Crippen LogP contribution in [0.2, 0.25) is 0 Å². The molecule has 1 amide bonds. The Morgan fingerprint density at radius 3 is 2.66 bits per heavy atom. The molecule has 35 heavy (non-hydrogen) atoms. The van der Waals surface area contributed by atoms with Gasteiger partial charge in [0.1, 0.15) is 5.75 Å². The zero-order valence-electron chi connectivity index (χ0n) is 21.7. The molecule has 0 radical (unpaired) electrons. The molecule has 0 aliphatic carbocycles. The van der Waals surface area contributed by atoms with Crippen LogP contribution in [0.4, 0.5) is 0 Å². The maximum absolute atomic E-state index is 13.4. The van der Waals surface area contributed by atoms with Crippen LogP contribution >= 0.6 is 0 Å². The van der Waals surface area contributed by atoms with Crippen molar-refractivity contribution in [3.8, 4) is 5.75 Å². The van der Waals surface area contributed by atoms with E-state index in [4.69, 9.17) is 4.74 Å². The molecule has 2 heterocycles. The predicted molar refractivity (Wildman–Crippen MR) is 137 cm³/mol. The molecule has 2 N–H and O–H groups in total. The molecule has 2 aliphatic heterocycles. The second-order valence-electron chi connectivity index (χ2n) is 10.4. The summed E-state index contributed by atoms with van der Waals surface area (Å²) in [4.78, 5) is 30.0. The van der Waals surface area contributed by atoms with Gasteiger partial charge in [0.2, 0.25) is 5.91 Å². The Bertz CT molecular complexity index is 837. The number of ether oxygens (including phenoxy) is 1. The average Bonchev–Trinajstić information content (AvgIpc) is 3.43. The number of carbonyl (C=O) groups is 2. The second-order valence-corrected chi connectivity index (χ2v) is 10.4. The molecule has 0 saturated carbocycles. The van der Waals surface area contributed by atoms with Crippen LogP contribution in [0.3, 0.4) is 0 Å². The van der Waals surface area contributed by atoms with Crippen molar-refractivity contribution in [1.29, 1.82) is 0 Å². The number of carboxylic acids is 1. The minimum atomic E-state index is -0.779. The Balaban J connectivity index is 1.86. The van der Waals surface area contributed by atoms with Gasteiger partial charge < -0.3 is 19.8 Å². The van der Waals surface area contributed by atoms with Gasteiger partial charge in [-0.15, -0.1) is 0 Å². The van der Waals surface area contributed by atoms with Crippen LogP contribution in [-0.2, 0) is 16.0 Å². The number of fused-ring (bicyclic) bond motifs is 1. The lowest BCUT2D eigenvalue weighted by molar-refractivity contribution is -0.144. The topological polar surface area (TPSA) is 90.3 Å². The second kappa shape index (κ2) is 13.3. The summed E-state index contributed by atoms with van der Waals surface area (Å²) < 4.78 is 5.66. The fourth-order valence-corrected chi connectivity index (χ4v) is 5.83. The van der Waals surface area contributed by atoms with Crippen molar-refractivity contribution in [3.05, 3.63) is 29.3 Å². The first-order chi connectivity index (χ1) is 16.9. The van der Waals surface area contributed by atoms with Gasteiger partial charge in [0.05, 0.1) is 19.1 Å². The van der Waals surface area contributed by atoms with Crippen molar-refractivity contribution in [2.75, 3.05) is 39.4 Å². The van der Waals surface area contributed by atoms with Gasteiger partial charge in [0, 0.05) is 44.6 Å². The maximum Gasteiger partial charge on any atom is 0.308 e. The molecule has 7 heteroatoms. The predicted octanol–water partition coefficient (Wildman–Crippen LogP) is 3.93. The summed E-state index contributed by atoms with van der Waals surface area (Å²) in [6.07, 6.45) is 6.21. The van der Waals surface area contributed by atoms with Crippen LogP contribution in [0.15, 0.2) is 18.2 Å². The minimum Gasteiger partial charge on any atom is -0.493 e. The lowest BCUT2D eigenvalue weighted by Gasteiger charge is -2.31. The van der Waals surface area contributed by atoms with E-state index in [1.807, 2.05) is 17.0 Å². The first-order valence-electron chi connectivity index (χ1n) is 13.5. The van der Waals surface area contributed by atoms with E-state index in [0.717, 1.165) is 55.4 Å². The molecule has 0 aromatic heterocycles. The number of aliphatic hydroxyl groups excluding tert-OH is 1. The number of benzene rings is 1. The molecule has 7 nitrogen and oxygen atoms in total.